The van der Waals surface area contributed by atoms with Crippen LogP contribution in [0.5, 0.6) is 0 Å². The number of aromatic amines is 1. The zero-order valence-electron chi connectivity index (χ0n) is 8.93. The second kappa shape index (κ2) is 3.35. The maximum absolute atomic E-state index is 4.48. The first-order chi connectivity index (χ1) is 7.33. The monoisotopic (exact) mass is 201 g/mol. The third-order valence-electron chi connectivity index (χ3n) is 3.06. The molecule has 0 fully saturated rings. The van der Waals surface area contributed by atoms with Crippen molar-refractivity contribution in [2.45, 2.75) is 19.8 Å². The highest BCUT2D eigenvalue weighted by atomic mass is 14.9. The molecule has 0 spiro atoms. The minimum atomic E-state index is 1.00. The topological polar surface area (TPSA) is 40.7 Å². The number of nitrogens with zero attached hydrogens (tertiary/aromatic N) is 1. The third-order valence-corrected chi connectivity index (χ3v) is 3.06. The lowest BCUT2D eigenvalue weighted by molar-refractivity contribution is 0.711. The Labute approximate surface area is 88.9 Å². The van der Waals surface area contributed by atoms with E-state index in [0.29, 0.717) is 0 Å². The fraction of sp³-hybridized carbons (Fsp3) is 0.417. The van der Waals surface area contributed by atoms with Gasteiger partial charge in [0.05, 0.1) is 11.0 Å². The van der Waals surface area contributed by atoms with E-state index in [1.54, 1.807) is 0 Å². The van der Waals surface area contributed by atoms with E-state index in [1.165, 1.54) is 16.6 Å². The summed E-state index contributed by atoms with van der Waals surface area (Å²) in [7, 11) is 0. The lowest BCUT2D eigenvalue weighted by Crippen LogP contribution is -2.16. The Morgan fingerprint density at radius 3 is 2.67 bits per heavy atom. The van der Waals surface area contributed by atoms with Crippen LogP contribution in [0.25, 0.3) is 11.0 Å². The van der Waals surface area contributed by atoms with Gasteiger partial charge in [0.25, 0.3) is 0 Å². The van der Waals surface area contributed by atoms with Crippen molar-refractivity contribution >= 4 is 11.0 Å². The summed E-state index contributed by atoms with van der Waals surface area (Å²) >= 11 is 0. The second-order valence-corrected chi connectivity index (χ2v) is 4.21. The van der Waals surface area contributed by atoms with Gasteiger partial charge in [0.1, 0.15) is 5.82 Å². The number of rotatable bonds is 0. The molecule has 3 heteroatoms. The molecule has 0 amide bonds. The van der Waals surface area contributed by atoms with E-state index >= 15 is 0 Å². The van der Waals surface area contributed by atoms with E-state index in [-0.39, 0.29) is 0 Å². The number of H-pyrrole nitrogens is 1. The number of nitrogens with one attached hydrogen (secondary N) is 2. The van der Waals surface area contributed by atoms with Gasteiger partial charge in [-0.15, -0.1) is 0 Å². The van der Waals surface area contributed by atoms with Gasteiger partial charge in [-0.1, -0.05) is 0 Å². The first-order valence-electron chi connectivity index (χ1n) is 5.52. The molecular weight excluding hydrogens is 186 g/mol. The summed E-state index contributed by atoms with van der Waals surface area (Å²) in [6.45, 7) is 4.18. The summed E-state index contributed by atoms with van der Waals surface area (Å²) in [6.07, 6.45) is 2.25. The first-order valence-corrected chi connectivity index (χ1v) is 5.52. The normalized spacial score (nSPS) is 16.3. The molecule has 0 unspecified atom stereocenters. The maximum atomic E-state index is 4.48. The van der Waals surface area contributed by atoms with E-state index in [9.17, 15) is 0 Å². The average molecular weight is 201 g/mol. The van der Waals surface area contributed by atoms with Crippen LogP contribution in [0.1, 0.15) is 17.0 Å². The quantitative estimate of drug-likeness (QED) is 0.679. The predicted octanol–water partition coefficient (Wildman–Crippen LogP) is 1.56. The number of benzene rings is 1. The molecule has 1 aliphatic rings. The third kappa shape index (κ3) is 1.53. The number of fused-ring (bicyclic) bond motifs is 2. The molecule has 3 rings (SSSR count). The zero-order valence-corrected chi connectivity index (χ0v) is 8.93. The molecule has 15 heavy (non-hydrogen) atoms. The van der Waals surface area contributed by atoms with E-state index in [4.69, 9.17) is 0 Å². The molecular formula is C12H15N3. The Kier molecular flexibility index (Phi) is 1.99. The van der Waals surface area contributed by atoms with E-state index < -0.39 is 0 Å². The van der Waals surface area contributed by atoms with Crippen LogP contribution in [-0.2, 0) is 12.8 Å². The molecule has 3 nitrogen and oxygen atoms in total. The van der Waals surface area contributed by atoms with Crippen LogP contribution >= 0.6 is 0 Å². The maximum Gasteiger partial charge on any atom is 0.104 e. The molecule has 1 aromatic carbocycles. The SMILES string of the molecule is Cc1nc2cc3c(cc2[nH]1)CCNCC3. The Morgan fingerprint density at radius 2 is 1.87 bits per heavy atom. The summed E-state index contributed by atoms with van der Waals surface area (Å²) in [6, 6.07) is 4.50. The lowest BCUT2D eigenvalue weighted by atomic mass is 10.0. The van der Waals surface area contributed by atoms with E-state index in [1.807, 2.05) is 6.92 Å². The molecule has 2 aromatic rings. The molecule has 0 radical (unpaired) electrons. The summed E-state index contributed by atoms with van der Waals surface area (Å²) in [4.78, 5) is 7.77. The summed E-state index contributed by atoms with van der Waals surface area (Å²) in [5.74, 6) is 1.00. The van der Waals surface area contributed by atoms with Crippen LogP contribution < -0.4 is 5.32 Å². The van der Waals surface area contributed by atoms with Gasteiger partial charge in [0.2, 0.25) is 0 Å². The fourth-order valence-electron chi connectivity index (χ4n) is 2.31. The van der Waals surface area contributed by atoms with Crippen molar-refractivity contribution in [2.24, 2.45) is 0 Å². The van der Waals surface area contributed by atoms with Crippen LogP contribution in [-0.4, -0.2) is 23.1 Å². The van der Waals surface area contributed by atoms with Crippen molar-refractivity contribution in [3.63, 3.8) is 0 Å². The predicted molar refractivity (Wildman–Crippen MR) is 61.1 cm³/mol. The van der Waals surface area contributed by atoms with Crippen LogP contribution in [0.3, 0.4) is 0 Å². The second-order valence-electron chi connectivity index (χ2n) is 4.21. The van der Waals surface area contributed by atoms with Gasteiger partial charge in [0, 0.05) is 0 Å². The van der Waals surface area contributed by atoms with Crippen LogP contribution in [0.15, 0.2) is 12.1 Å². The largest absolute Gasteiger partial charge is 0.342 e. The molecule has 0 atom stereocenters. The van der Waals surface area contributed by atoms with Crippen molar-refractivity contribution in [3.8, 4) is 0 Å². The van der Waals surface area contributed by atoms with Crippen molar-refractivity contribution in [1.82, 2.24) is 15.3 Å². The molecule has 0 aliphatic carbocycles. The highest BCUT2D eigenvalue weighted by molar-refractivity contribution is 5.77. The Bertz CT molecular complexity index is 456. The number of hydrogen-bond donors (Lipinski definition) is 2. The first kappa shape index (κ1) is 8.92. The van der Waals surface area contributed by atoms with Gasteiger partial charge in [-0.2, -0.15) is 0 Å². The average Bonchev–Trinajstić information content (AvgIpc) is 2.44. The van der Waals surface area contributed by atoms with Crippen molar-refractivity contribution < 1.29 is 0 Å². The van der Waals surface area contributed by atoms with Gasteiger partial charge < -0.3 is 10.3 Å². The molecule has 2 heterocycles. The highest BCUT2D eigenvalue weighted by Crippen LogP contribution is 2.20. The summed E-state index contributed by atoms with van der Waals surface area (Å²) in [5.41, 5.74) is 5.21. The standard InChI is InChI=1S/C12H15N3/c1-8-14-11-6-9-2-4-13-5-3-10(9)7-12(11)15-8/h6-7,13H,2-5H2,1H3,(H,14,15). The number of aromatic nitrogens is 2. The summed E-state index contributed by atoms with van der Waals surface area (Å²) < 4.78 is 0. The van der Waals surface area contributed by atoms with Crippen LogP contribution in [0, 0.1) is 6.92 Å². The molecule has 0 saturated carbocycles. The van der Waals surface area contributed by atoms with Crippen molar-refractivity contribution in [1.29, 1.82) is 0 Å². The van der Waals surface area contributed by atoms with Gasteiger partial charge in [-0.05, 0) is 56.1 Å². The molecule has 2 N–H and O–H groups in total. The Morgan fingerprint density at radius 1 is 1.13 bits per heavy atom. The van der Waals surface area contributed by atoms with Gasteiger partial charge in [-0.25, -0.2) is 4.98 Å². The number of hydrogen-bond acceptors (Lipinski definition) is 2. The minimum absolute atomic E-state index is 1.00. The van der Waals surface area contributed by atoms with Crippen LogP contribution in [0.4, 0.5) is 0 Å². The Hall–Kier alpha value is -1.35. The number of aryl methyl sites for hydroxylation is 1. The lowest BCUT2D eigenvalue weighted by Gasteiger charge is -2.03. The van der Waals surface area contributed by atoms with Crippen molar-refractivity contribution in [3.05, 3.63) is 29.1 Å². The van der Waals surface area contributed by atoms with Crippen molar-refractivity contribution in [2.75, 3.05) is 13.1 Å². The van der Waals surface area contributed by atoms with Gasteiger partial charge in [0.15, 0.2) is 0 Å². The van der Waals surface area contributed by atoms with E-state index in [2.05, 4.69) is 27.4 Å². The number of imidazole rings is 1. The Balaban J connectivity index is 2.19. The molecule has 0 bridgehead atoms. The molecule has 78 valence electrons. The van der Waals surface area contributed by atoms with Gasteiger partial charge in [-0.3, -0.25) is 0 Å². The zero-order chi connectivity index (χ0) is 10.3. The highest BCUT2D eigenvalue weighted by Gasteiger charge is 2.10. The molecule has 1 aliphatic heterocycles. The summed E-state index contributed by atoms with van der Waals surface area (Å²) in [5, 5.41) is 3.42. The smallest absolute Gasteiger partial charge is 0.104 e. The van der Waals surface area contributed by atoms with E-state index in [0.717, 1.165) is 37.3 Å². The molecule has 1 aromatic heterocycles. The minimum Gasteiger partial charge on any atom is -0.342 e. The van der Waals surface area contributed by atoms with Gasteiger partial charge >= 0.3 is 0 Å². The molecule has 0 saturated heterocycles. The van der Waals surface area contributed by atoms with Crippen LogP contribution in [0.2, 0.25) is 0 Å². The fourth-order valence-corrected chi connectivity index (χ4v) is 2.31.